The highest BCUT2D eigenvalue weighted by atomic mass is 16.4. The first-order valence-corrected chi connectivity index (χ1v) is 12.1. The van der Waals surface area contributed by atoms with Crippen molar-refractivity contribution in [3.05, 3.63) is 36.0 Å². The fourth-order valence-electron chi connectivity index (χ4n) is 7.96. The summed E-state index contributed by atoms with van der Waals surface area (Å²) in [5.74, 6) is 0.866. The molecule has 4 aliphatic rings. The second-order valence-corrected chi connectivity index (χ2v) is 11.2. The van der Waals surface area contributed by atoms with E-state index in [0.717, 1.165) is 49.4 Å². The van der Waals surface area contributed by atoms with Gasteiger partial charge in [0.15, 0.2) is 0 Å². The third kappa shape index (κ3) is 2.76. The van der Waals surface area contributed by atoms with Gasteiger partial charge in [0.25, 0.3) is 0 Å². The molecule has 5 nitrogen and oxygen atoms in total. The van der Waals surface area contributed by atoms with Crippen LogP contribution >= 0.6 is 0 Å². The minimum absolute atomic E-state index is 0.0243. The van der Waals surface area contributed by atoms with Gasteiger partial charge in [-0.1, -0.05) is 25.1 Å². The highest BCUT2D eigenvalue weighted by molar-refractivity contribution is 5.84. The monoisotopic (exact) mass is 422 g/mol. The van der Waals surface area contributed by atoms with Crippen molar-refractivity contribution < 1.29 is 15.3 Å². The molecule has 166 valence electrons. The van der Waals surface area contributed by atoms with E-state index in [2.05, 4.69) is 41.4 Å². The standard InChI is InChI=1S/C26H34N2O3/c1-24-10-11-25(30)14-19-12-20(29)5-4-16(19)8-9-26(25,31)23(24)7-6-21(24)17-2-3-18-15-27-28-22(18)13-17/h2-3,6,13,15-16,19-20,23,29-31H,4-5,7-12,14H2,1H3,(H,27,28)/t16?,19?,20?,23?,24?,25?,26-/m0/s1. The molecule has 1 aromatic heterocycles. The van der Waals surface area contributed by atoms with E-state index in [0.29, 0.717) is 31.1 Å². The molecule has 1 heterocycles. The van der Waals surface area contributed by atoms with Gasteiger partial charge in [0.2, 0.25) is 0 Å². The van der Waals surface area contributed by atoms with Gasteiger partial charge in [0.05, 0.1) is 29.0 Å². The molecule has 6 rings (SSSR count). The Morgan fingerprint density at radius 2 is 1.94 bits per heavy atom. The van der Waals surface area contributed by atoms with E-state index in [1.807, 2.05) is 6.20 Å². The van der Waals surface area contributed by atoms with Crippen molar-refractivity contribution in [2.24, 2.45) is 23.2 Å². The number of nitrogens with zero attached hydrogens (tertiary/aromatic N) is 1. The molecule has 0 saturated heterocycles. The third-order valence-electron chi connectivity index (χ3n) is 9.74. The molecular formula is C26H34N2O3. The van der Waals surface area contributed by atoms with Gasteiger partial charge in [-0.05, 0) is 92.2 Å². The molecule has 0 aliphatic heterocycles. The Kier molecular flexibility index (Phi) is 4.29. The molecular weight excluding hydrogens is 388 g/mol. The molecule has 0 amide bonds. The first-order valence-electron chi connectivity index (χ1n) is 12.1. The van der Waals surface area contributed by atoms with Crippen LogP contribution in [0.15, 0.2) is 30.5 Å². The lowest BCUT2D eigenvalue weighted by molar-refractivity contribution is -0.228. The number of aliphatic hydroxyl groups excluding tert-OH is 1. The molecule has 0 spiro atoms. The Bertz CT molecular complexity index is 1050. The zero-order valence-electron chi connectivity index (χ0n) is 18.3. The molecule has 1 aromatic carbocycles. The fourth-order valence-corrected chi connectivity index (χ4v) is 7.96. The van der Waals surface area contributed by atoms with Crippen LogP contribution in [0.2, 0.25) is 0 Å². The molecule has 0 radical (unpaired) electrons. The van der Waals surface area contributed by atoms with Crippen molar-refractivity contribution in [2.75, 3.05) is 0 Å². The largest absolute Gasteiger partial charge is 0.393 e. The van der Waals surface area contributed by atoms with Crippen LogP contribution in [0.5, 0.6) is 0 Å². The Morgan fingerprint density at radius 3 is 2.81 bits per heavy atom. The van der Waals surface area contributed by atoms with Gasteiger partial charge in [-0.15, -0.1) is 0 Å². The summed E-state index contributed by atoms with van der Waals surface area (Å²) >= 11 is 0. The molecule has 7 atom stereocenters. The minimum Gasteiger partial charge on any atom is -0.393 e. The van der Waals surface area contributed by atoms with E-state index in [1.54, 1.807) is 0 Å². The Balaban J connectivity index is 1.35. The predicted molar refractivity (Wildman–Crippen MR) is 120 cm³/mol. The van der Waals surface area contributed by atoms with Crippen molar-refractivity contribution >= 4 is 16.5 Å². The first-order chi connectivity index (χ1) is 14.8. The van der Waals surface area contributed by atoms with Crippen LogP contribution in [0.3, 0.4) is 0 Å². The predicted octanol–water partition coefficient (Wildman–Crippen LogP) is 4.19. The van der Waals surface area contributed by atoms with Crippen LogP contribution in [0, 0.1) is 23.2 Å². The van der Waals surface area contributed by atoms with Crippen LogP contribution in [-0.4, -0.2) is 42.8 Å². The number of rotatable bonds is 1. The van der Waals surface area contributed by atoms with Gasteiger partial charge < -0.3 is 15.3 Å². The first kappa shape index (κ1) is 20.0. The van der Waals surface area contributed by atoms with E-state index in [9.17, 15) is 15.3 Å². The van der Waals surface area contributed by atoms with Crippen molar-refractivity contribution in [1.29, 1.82) is 0 Å². The Labute approximate surface area is 183 Å². The number of aromatic amines is 1. The highest BCUT2D eigenvalue weighted by Crippen LogP contribution is 2.65. The number of nitrogens with one attached hydrogen (secondary N) is 1. The molecule has 4 N–H and O–H groups in total. The quantitative estimate of drug-likeness (QED) is 0.555. The summed E-state index contributed by atoms with van der Waals surface area (Å²) in [5.41, 5.74) is 1.27. The summed E-state index contributed by atoms with van der Waals surface area (Å²) in [5, 5.41) is 42.7. The SMILES string of the molecule is CC12CCC3(O)CC4CC(O)CCC4CC[C@]3(O)C1CC=C2c1ccc2cn[nH]c2c1. The zero-order valence-corrected chi connectivity index (χ0v) is 18.3. The van der Waals surface area contributed by atoms with Crippen LogP contribution in [0.1, 0.15) is 70.3 Å². The van der Waals surface area contributed by atoms with Crippen LogP contribution < -0.4 is 0 Å². The maximum Gasteiger partial charge on any atom is 0.0972 e. The van der Waals surface area contributed by atoms with Crippen molar-refractivity contribution in [3.63, 3.8) is 0 Å². The molecule has 6 unspecified atom stereocenters. The smallest absolute Gasteiger partial charge is 0.0972 e. The van der Waals surface area contributed by atoms with E-state index >= 15 is 0 Å². The summed E-state index contributed by atoms with van der Waals surface area (Å²) in [6.45, 7) is 2.30. The summed E-state index contributed by atoms with van der Waals surface area (Å²) in [6, 6.07) is 6.46. The lowest BCUT2D eigenvalue weighted by Crippen LogP contribution is -2.64. The van der Waals surface area contributed by atoms with Gasteiger partial charge >= 0.3 is 0 Å². The van der Waals surface area contributed by atoms with E-state index in [-0.39, 0.29) is 17.4 Å². The van der Waals surface area contributed by atoms with Crippen LogP contribution in [0.4, 0.5) is 0 Å². The average molecular weight is 423 g/mol. The second kappa shape index (κ2) is 6.66. The lowest BCUT2D eigenvalue weighted by atomic mass is 9.52. The molecule has 0 bridgehead atoms. The lowest BCUT2D eigenvalue weighted by Gasteiger charge is -2.57. The number of hydrogen-bond donors (Lipinski definition) is 4. The Hall–Kier alpha value is -1.69. The molecule has 3 saturated carbocycles. The maximum absolute atomic E-state index is 12.2. The number of allylic oxidation sites excluding steroid dienone is 2. The number of aliphatic hydroxyl groups is 3. The minimum atomic E-state index is -1.07. The van der Waals surface area contributed by atoms with E-state index < -0.39 is 11.2 Å². The number of aromatic nitrogens is 2. The number of benzene rings is 1. The topological polar surface area (TPSA) is 89.4 Å². The highest BCUT2D eigenvalue weighted by Gasteiger charge is 2.65. The molecule has 5 heteroatoms. The van der Waals surface area contributed by atoms with Gasteiger partial charge in [0.1, 0.15) is 0 Å². The molecule has 3 fully saturated rings. The molecule has 2 aromatic rings. The maximum atomic E-state index is 12.2. The fraction of sp³-hybridized carbons (Fsp3) is 0.654. The summed E-state index contributed by atoms with van der Waals surface area (Å²) in [4.78, 5) is 0. The van der Waals surface area contributed by atoms with Gasteiger partial charge in [-0.2, -0.15) is 5.10 Å². The van der Waals surface area contributed by atoms with Gasteiger partial charge in [0, 0.05) is 11.3 Å². The van der Waals surface area contributed by atoms with E-state index in [4.69, 9.17) is 0 Å². The summed E-state index contributed by atoms with van der Waals surface area (Å²) in [7, 11) is 0. The van der Waals surface area contributed by atoms with Crippen LogP contribution in [-0.2, 0) is 0 Å². The van der Waals surface area contributed by atoms with Crippen LogP contribution in [0.25, 0.3) is 16.5 Å². The van der Waals surface area contributed by atoms with Crippen molar-refractivity contribution in [3.8, 4) is 0 Å². The van der Waals surface area contributed by atoms with Gasteiger partial charge in [-0.3, -0.25) is 5.10 Å². The zero-order chi connectivity index (χ0) is 21.4. The number of hydrogen-bond acceptors (Lipinski definition) is 4. The second-order valence-electron chi connectivity index (χ2n) is 11.2. The Morgan fingerprint density at radius 1 is 1.06 bits per heavy atom. The molecule has 31 heavy (non-hydrogen) atoms. The molecule has 4 aliphatic carbocycles. The number of fused-ring (bicyclic) bond motifs is 5. The van der Waals surface area contributed by atoms with Gasteiger partial charge in [-0.25, -0.2) is 0 Å². The van der Waals surface area contributed by atoms with Crippen molar-refractivity contribution in [1.82, 2.24) is 10.2 Å². The summed E-state index contributed by atoms with van der Waals surface area (Å²) < 4.78 is 0. The average Bonchev–Trinajstić information content (AvgIpc) is 3.32. The van der Waals surface area contributed by atoms with Crippen molar-refractivity contribution in [2.45, 2.75) is 82.0 Å². The number of H-pyrrole nitrogens is 1. The summed E-state index contributed by atoms with van der Waals surface area (Å²) in [6.07, 6.45) is 11.1. The third-order valence-corrected chi connectivity index (χ3v) is 9.74. The normalized spacial score (nSPS) is 44.8. The van der Waals surface area contributed by atoms with E-state index in [1.165, 1.54) is 11.1 Å².